The molecule has 0 aliphatic carbocycles. The smallest absolute Gasteiger partial charge is 0.309 e. The molecule has 0 spiro atoms. The molecule has 1 saturated heterocycles. The van der Waals surface area contributed by atoms with E-state index >= 15 is 0 Å². The first-order valence-corrected chi connectivity index (χ1v) is 8.68. The molecule has 2 amide bonds. The fourth-order valence-corrected chi connectivity index (χ4v) is 3.13. The molecule has 0 saturated carbocycles. The average Bonchev–Trinajstić information content (AvgIpc) is 3.15. The topological polar surface area (TPSA) is 111 Å². The van der Waals surface area contributed by atoms with E-state index in [0.29, 0.717) is 31.3 Å². The van der Waals surface area contributed by atoms with Crippen molar-refractivity contribution in [2.45, 2.75) is 6.04 Å². The number of ether oxygens (including phenoxy) is 3. The van der Waals surface area contributed by atoms with Gasteiger partial charge in [-0.1, -0.05) is 0 Å². The van der Waals surface area contributed by atoms with Gasteiger partial charge in [0, 0.05) is 12.1 Å². The van der Waals surface area contributed by atoms with E-state index < -0.39 is 11.8 Å². The van der Waals surface area contributed by atoms with Gasteiger partial charge in [0.25, 0.3) is 0 Å². The summed E-state index contributed by atoms with van der Waals surface area (Å²) in [5.41, 5.74) is 1.00. The molecule has 0 radical (unpaired) electrons. The second-order valence-corrected chi connectivity index (χ2v) is 6.13. The molecule has 9 heteroatoms. The van der Waals surface area contributed by atoms with Crippen LogP contribution in [0.1, 0.15) is 11.6 Å². The Morgan fingerprint density at radius 1 is 1.12 bits per heavy atom. The Bertz CT molecular complexity index is 647. The largest absolute Gasteiger partial charge is 0.454 e. The number of quaternary nitrogens is 1. The minimum Gasteiger partial charge on any atom is -0.454 e. The molecule has 142 valence electrons. The molecule has 1 fully saturated rings. The maximum Gasteiger partial charge on any atom is 0.309 e. The van der Waals surface area contributed by atoms with Crippen LogP contribution in [0.2, 0.25) is 0 Å². The van der Waals surface area contributed by atoms with Gasteiger partial charge >= 0.3 is 11.8 Å². The van der Waals surface area contributed by atoms with Crippen LogP contribution in [0.4, 0.5) is 0 Å². The molecular formula is C17H24N3O6+. The number of carbonyl (C=O) groups is 2. The Morgan fingerprint density at radius 3 is 2.62 bits per heavy atom. The van der Waals surface area contributed by atoms with Gasteiger partial charge in [-0.25, -0.2) is 0 Å². The van der Waals surface area contributed by atoms with Crippen molar-refractivity contribution in [2.75, 3.05) is 52.8 Å². The van der Waals surface area contributed by atoms with Crippen LogP contribution in [0.3, 0.4) is 0 Å². The van der Waals surface area contributed by atoms with Crippen molar-refractivity contribution < 1.29 is 33.8 Å². The quantitative estimate of drug-likeness (QED) is 0.418. The van der Waals surface area contributed by atoms with E-state index in [2.05, 4.69) is 10.6 Å². The maximum atomic E-state index is 12.0. The van der Waals surface area contributed by atoms with Gasteiger partial charge in [0.05, 0.1) is 26.4 Å². The summed E-state index contributed by atoms with van der Waals surface area (Å²) < 4.78 is 16.2. The van der Waals surface area contributed by atoms with Gasteiger partial charge in [0.1, 0.15) is 19.1 Å². The molecule has 1 aromatic carbocycles. The van der Waals surface area contributed by atoms with Crippen molar-refractivity contribution in [1.29, 1.82) is 0 Å². The summed E-state index contributed by atoms with van der Waals surface area (Å²) in [6.07, 6.45) is 0. The third-order valence-electron chi connectivity index (χ3n) is 4.50. The predicted octanol–water partition coefficient (Wildman–Crippen LogP) is -2.40. The summed E-state index contributed by atoms with van der Waals surface area (Å²) in [5, 5.41) is 13.8. The number of morpholine rings is 1. The number of nitrogens with one attached hydrogen (secondary N) is 3. The normalized spacial score (nSPS) is 17.6. The molecule has 0 bridgehead atoms. The fourth-order valence-electron chi connectivity index (χ4n) is 3.13. The minimum atomic E-state index is -0.750. The van der Waals surface area contributed by atoms with Gasteiger partial charge in [0.2, 0.25) is 6.79 Å². The molecule has 0 unspecified atom stereocenters. The van der Waals surface area contributed by atoms with Crippen molar-refractivity contribution >= 4 is 11.8 Å². The first-order chi connectivity index (χ1) is 12.7. The highest BCUT2D eigenvalue weighted by molar-refractivity contribution is 6.35. The summed E-state index contributed by atoms with van der Waals surface area (Å²) in [7, 11) is 0. The third-order valence-corrected chi connectivity index (χ3v) is 4.50. The van der Waals surface area contributed by atoms with Crippen molar-refractivity contribution in [3.8, 4) is 11.5 Å². The summed E-state index contributed by atoms with van der Waals surface area (Å²) in [6.45, 7) is 3.28. The van der Waals surface area contributed by atoms with Crippen molar-refractivity contribution in [3.05, 3.63) is 23.8 Å². The Balaban J connectivity index is 1.69. The number of rotatable bonds is 6. The molecule has 4 N–H and O–H groups in total. The van der Waals surface area contributed by atoms with Crippen LogP contribution in [-0.2, 0) is 14.3 Å². The van der Waals surface area contributed by atoms with Crippen LogP contribution in [-0.4, -0.2) is 69.7 Å². The van der Waals surface area contributed by atoms with Crippen molar-refractivity contribution in [1.82, 2.24) is 10.6 Å². The van der Waals surface area contributed by atoms with Gasteiger partial charge < -0.3 is 34.9 Å². The number of hydrogen-bond donors (Lipinski definition) is 4. The van der Waals surface area contributed by atoms with Crippen LogP contribution in [0.25, 0.3) is 0 Å². The van der Waals surface area contributed by atoms with Crippen LogP contribution in [0, 0.1) is 0 Å². The number of amides is 2. The van der Waals surface area contributed by atoms with Crippen molar-refractivity contribution in [3.63, 3.8) is 0 Å². The van der Waals surface area contributed by atoms with E-state index in [0.717, 1.165) is 18.7 Å². The van der Waals surface area contributed by atoms with E-state index in [1.807, 2.05) is 18.2 Å². The van der Waals surface area contributed by atoms with Crippen LogP contribution in [0.5, 0.6) is 11.5 Å². The molecule has 1 atom stereocenters. The molecule has 26 heavy (non-hydrogen) atoms. The summed E-state index contributed by atoms with van der Waals surface area (Å²) >= 11 is 0. The molecule has 2 aliphatic rings. The number of aliphatic hydroxyl groups is 1. The Morgan fingerprint density at radius 2 is 1.85 bits per heavy atom. The van der Waals surface area contributed by atoms with Crippen molar-refractivity contribution in [2.24, 2.45) is 0 Å². The first-order valence-electron chi connectivity index (χ1n) is 8.68. The zero-order valence-corrected chi connectivity index (χ0v) is 14.5. The van der Waals surface area contributed by atoms with Gasteiger partial charge in [-0.15, -0.1) is 0 Å². The Kier molecular flexibility index (Phi) is 6.26. The zero-order valence-electron chi connectivity index (χ0n) is 14.5. The number of benzene rings is 1. The number of carbonyl (C=O) groups excluding carboxylic acids is 2. The Hall–Kier alpha value is -2.36. The van der Waals surface area contributed by atoms with Crippen LogP contribution >= 0.6 is 0 Å². The lowest BCUT2D eigenvalue weighted by atomic mass is 10.0. The van der Waals surface area contributed by atoms with Gasteiger partial charge in [-0.2, -0.15) is 0 Å². The average molecular weight is 366 g/mol. The van der Waals surface area contributed by atoms with E-state index in [1.54, 1.807) is 0 Å². The minimum absolute atomic E-state index is 0.0389. The van der Waals surface area contributed by atoms with Crippen LogP contribution < -0.4 is 25.0 Å². The molecule has 1 aromatic rings. The van der Waals surface area contributed by atoms with Crippen LogP contribution in [0.15, 0.2) is 18.2 Å². The molecule has 9 nitrogen and oxygen atoms in total. The summed E-state index contributed by atoms with van der Waals surface area (Å²) in [6, 6.07) is 5.70. The second-order valence-electron chi connectivity index (χ2n) is 6.13. The standard InChI is InChI=1S/C17H23N3O6/c21-6-3-18-16(22)17(23)19-10-13(20-4-7-24-8-5-20)12-1-2-14-15(9-12)26-11-25-14/h1-2,9,13,21H,3-8,10-11H2,(H,18,22)(H,19,23)/p+1/t13-/m1/s1. The lowest BCUT2D eigenvalue weighted by Gasteiger charge is -2.32. The Labute approximate surface area is 151 Å². The highest BCUT2D eigenvalue weighted by Crippen LogP contribution is 2.33. The number of fused-ring (bicyclic) bond motifs is 1. The predicted molar refractivity (Wildman–Crippen MR) is 89.9 cm³/mol. The second kappa shape index (κ2) is 8.84. The summed E-state index contributed by atoms with van der Waals surface area (Å²) in [5.74, 6) is -0.0682. The highest BCUT2D eigenvalue weighted by atomic mass is 16.7. The molecular weight excluding hydrogens is 342 g/mol. The van der Waals surface area contributed by atoms with Gasteiger partial charge in [-0.05, 0) is 18.2 Å². The number of hydrogen-bond acceptors (Lipinski definition) is 6. The van der Waals surface area contributed by atoms with E-state index in [4.69, 9.17) is 19.3 Å². The van der Waals surface area contributed by atoms with E-state index in [9.17, 15) is 9.59 Å². The zero-order chi connectivity index (χ0) is 18.4. The maximum absolute atomic E-state index is 12.0. The third kappa shape index (κ3) is 4.43. The summed E-state index contributed by atoms with van der Waals surface area (Å²) in [4.78, 5) is 24.9. The van der Waals surface area contributed by atoms with Gasteiger partial charge in [-0.3, -0.25) is 9.59 Å². The first kappa shape index (κ1) is 18.4. The highest BCUT2D eigenvalue weighted by Gasteiger charge is 2.29. The SMILES string of the molecule is O=C(NCCO)C(=O)NC[C@H](c1ccc2c(c1)OCO2)[NH+]1CCOCC1. The molecule has 3 rings (SSSR count). The lowest BCUT2D eigenvalue weighted by molar-refractivity contribution is -0.937. The monoisotopic (exact) mass is 366 g/mol. The molecule has 2 aliphatic heterocycles. The molecule has 2 heterocycles. The van der Waals surface area contributed by atoms with E-state index in [-0.39, 0.29) is 26.0 Å². The number of aliphatic hydroxyl groups excluding tert-OH is 1. The lowest BCUT2D eigenvalue weighted by Crippen LogP contribution is -3.15. The fraction of sp³-hybridized carbons (Fsp3) is 0.529. The van der Waals surface area contributed by atoms with E-state index in [1.165, 1.54) is 4.90 Å². The molecule has 0 aromatic heterocycles. The van der Waals surface area contributed by atoms with Gasteiger partial charge in [0.15, 0.2) is 11.5 Å².